The second kappa shape index (κ2) is 7.96. The number of phenols is 2. The molecule has 27 heavy (non-hydrogen) atoms. The number of aromatic hydroxyl groups is 2. The van der Waals surface area contributed by atoms with Crippen molar-refractivity contribution in [1.29, 1.82) is 0 Å². The molecule has 4 rings (SSSR count). The van der Waals surface area contributed by atoms with Gasteiger partial charge in [-0.25, -0.2) is 15.0 Å². The van der Waals surface area contributed by atoms with Crippen LogP contribution in [-0.4, -0.2) is 37.3 Å². The van der Waals surface area contributed by atoms with Gasteiger partial charge in [0.05, 0.1) is 23.5 Å². The summed E-state index contributed by atoms with van der Waals surface area (Å²) in [5.74, 6) is 0.623. The number of fused-ring (bicyclic) bond motifs is 2. The van der Waals surface area contributed by atoms with Crippen molar-refractivity contribution in [2.45, 2.75) is 0 Å². The quantitative estimate of drug-likeness (QED) is 0.338. The summed E-state index contributed by atoms with van der Waals surface area (Å²) in [6, 6.07) is 9.36. The first-order valence-electron chi connectivity index (χ1n) is 7.39. The van der Waals surface area contributed by atoms with Crippen LogP contribution in [0.1, 0.15) is 0 Å². The number of hydrogen-bond acceptors (Lipinski definition) is 7. The van der Waals surface area contributed by atoms with Gasteiger partial charge < -0.3 is 14.9 Å². The number of benzene rings is 2. The molecule has 0 aliphatic rings. The van der Waals surface area contributed by atoms with Crippen LogP contribution in [0.5, 0.6) is 17.4 Å². The second-order valence-electron chi connectivity index (χ2n) is 5.19. The van der Waals surface area contributed by atoms with E-state index in [2.05, 4.69) is 19.9 Å². The van der Waals surface area contributed by atoms with Gasteiger partial charge in [0.1, 0.15) is 16.7 Å². The van der Waals surface area contributed by atoms with Gasteiger partial charge in [-0.1, -0.05) is 11.6 Å². The van der Waals surface area contributed by atoms with Crippen molar-refractivity contribution >= 4 is 56.6 Å². The average molecular weight is 426 g/mol. The summed E-state index contributed by atoms with van der Waals surface area (Å²) < 4.78 is 5.02. The normalized spacial score (nSPS) is 10.5. The Morgan fingerprint density at radius 1 is 0.741 bits per heavy atom. The van der Waals surface area contributed by atoms with Gasteiger partial charge in [0.15, 0.2) is 0 Å². The van der Waals surface area contributed by atoms with Crippen molar-refractivity contribution < 1.29 is 14.9 Å². The average Bonchev–Trinajstić information content (AvgIpc) is 2.62. The highest BCUT2D eigenvalue weighted by molar-refractivity contribution is 6.35. The summed E-state index contributed by atoms with van der Waals surface area (Å²) in [5.41, 5.74) is 1.25. The van der Waals surface area contributed by atoms with E-state index in [4.69, 9.17) is 39.5 Å². The number of hydrogen-bond donors (Lipinski definition) is 2. The minimum absolute atomic E-state index is 0.100. The van der Waals surface area contributed by atoms with E-state index in [-0.39, 0.29) is 27.2 Å². The molecule has 7 nitrogen and oxygen atoms in total. The van der Waals surface area contributed by atoms with Gasteiger partial charge in [0.2, 0.25) is 16.4 Å². The summed E-state index contributed by atoms with van der Waals surface area (Å²) in [4.78, 5) is 15.6. The number of methoxy groups -OCH3 is 1. The predicted molar refractivity (Wildman–Crippen MR) is 104 cm³/mol. The Morgan fingerprint density at radius 2 is 1.26 bits per heavy atom. The van der Waals surface area contributed by atoms with Crippen molar-refractivity contribution in [3.8, 4) is 17.4 Å². The first-order valence-corrected chi connectivity index (χ1v) is 8.53. The summed E-state index contributed by atoms with van der Waals surface area (Å²) in [5, 5.41) is 20.1. The largest absolute Gasteiger partial charge is 0.508 e. The lowest BCUT2D eigenvalue weighted by Gasteiger charge is -2.04. The highest BCUT2D eigenvalue weighted by Gasteiger charge is 2.07. The van der Waals surface area contributed by atoms with E-state index in [0.29, 0.717) is 27.7 Å². The molecule has 138 valence electrons. The van der Waals surface area contributed by atoms with Crippen LogP contribution in [0.15, 0.2) is 36.4 Å². The highest BCUT2D eigenvalue weighted by Crippen LogP contribution is 2.27. The van der Waals surface area contributed by atoms with Gasteiger partial charge in [-0.3, -0.25) is 0 Å². The Balaban J connectivity index is 0.000000156. The van der Waals surface area contributed by atoms with Crippen molar-refractivity contribution in [3.63, 3.8) is 0 Å². The molecule has 0 unspecified atom stereocenters. The number of phenolic OH excluding ortho intramolecular Hbond substituents is 2. The molecular formula is C17H11Cl3N4O3. The van der Waals surface area contributed by atoms with E-state index in [1.54, 1.807) is 12.1 Å². The Hall–Kier alpha value is -2.61. The SMILES string of the molecule is COc1nc(Cl)nc2ccc(O)cc12.Oc1ccc2nc(Cl)nc(Cl)c2c1. The molecule has 10 heteroatoms. The van der Waals surface area contributed by atoms with Gasteiger partial charge >= 0.3 is 0 Å². The molecule has 0 saturated carbocycles. The van der Waals surface area contributed by atoms with Crippen LogP contribution in [-0.2, 0) is 0 Å². The van der Waals surface area contributed by atoms with Crippen molar-refractivity contribution in [2.75, 3.05) is 7.11 Å². The maximum atomic E-state index is 9.28. The molecule has 2 heterocycles. The standard InChI is InChI=1S/C9H7ClN2O2.C8H4Cl2N2O/c1-14-8-6-4-5(13)2-3-7(6)11-9(10)12-8;9-7-5-3-4(13)1-2-6(5)11-8(10)12-7/h2-4,13H,1H3;1-3,13H. The third-order valence-corrected chi connectivity index (χ3v) is 4.04. The summed E-state index contributed by atoms with van der Waals surface area (Å²) in [6.45, 7) is 0. The molecule has 0 saturated heterocycles. The Morgan fingerprint density at radius 3 is 1.85 bits per heavy atom. The van der Waals surface area contributed by atoms with Gasteiger partial charge in [-0.2, -0.15) is 4.98 Å². The zero-order chi connectivity index (χ0) is 19.6. The molecule has 0 radical (unpaired) electrons. The third-order valence-electron chi connectivity index (χ3n) is 3.42. The predicted octanol–water partition coefficient (Wildman–Crippen LogP) is 4.64. The number of halogens is 3. The van der Waals surface area contributed by atoms with E-state index in [0.717, 1.165) is 0 Å². The fraction of sp³-hybridized carbons (Fsp3) is 0.0588. The molecule has 2 aromatic carbocycles. The lowest BCUT2D eigenvalue weighted by Crippen LogP contribution is -1.92. The lowest BCUT2D eigenvalue weighted by atomic mass is 10.2. The molecule has 2 N–H and O–H groups in total. The fourth-order valence-corrected chi connectivity index (χ4v) is 2.89. The minimum atomic E-state index is 0.100. The first kappa shape index (κ1) is 19.2. The van der Waals surface area contributed by atoms with Gasteiger partial charge in [0.25, 0.3) is 0 Å². The van der Waals surface area contributed by atoms with Crippen LogP contribution in [0.25, 0.3) is 21.8 Å². The van der Waals surface area contributed by atoms with Crippen LogP contribution in [0.2, 0.25) is 15.7 Å². The van der Waals surface area contributed by atoms with Crippen LogP contribution < -0.4 is 4.74 Å². The number of ether oxygens (including phenoxy) is 1. The maximum absolute atomic E-state index is 9.28. The molecule has 0 atom stereocenters. The Kier molecular flexibility index (Phi) is 5.65. The van der Waals surface area contributed by atoms with Crippen molar-refractivity contribution in [3.05, 3.63) is 52.1 Å². The maximum Gasteiger partial charge on any atom is 0.226 e. The second-order valence-corrected chi connectivity index (χ2v) is 6.22. The zero-order valence-electron chi connectivity index (χ0n) is 13.7. The van der Waals surface area contributed by atoms with Crippen LogP contribution >= 0.6 is 34.8 Å². The van der Waals surface area contributed by atoms with Gasteiger partial charge in [0, 0.05) is 5.39 Å². The molecule has 0 amide bonds. The molecular weight excluding hydrogens is 415 g/mol. The first-order chi connectivity index (χ1) is 12.9. The number of aromatic nitrogens is 4. The Labute approximate surface area is 168 Å². The van der Waals surface area contributed by atoms with Crippen molar-refractivity contribution in [2.24, 2.45) is 0 Å². The summed E-state index contributed by atoms with van der Waals surface area (Å²) in [7, 11) is 1.49. The third kappa shape index (κ3) is 4.39. The lowest BCUT2D eigenvalue weighted by molar-refractivity contribution is 0.402. The molecule has 0 spiro atoms. The van der Waals surface area contributed by atoms with Crippen molar-refractivity contribution in [1.82, 2.24) is 19.9 Å². The van der Waals surface area contributed by atoms with Gasteiger partial charge in [-0.05, 0) is 59.6 Å². The van der Waals surface area contributed by atoms with Crippen LogP contribution in [0, 0.1) is 0 Å². The summed E-state index contributed by atoms with van der Waals surface area (Å²) >= 11 is 17.1. The summed E-state index contributed by atoms with van der Waals surface area (Å²) in [6.07, 6.45) is 0. The topological polar surface area (TPSA) is 101 Å². The highest BCUT2D eigenvalue weighted by atomic mass is 35.5. The zero-order valence-corrected chi connectivity index (χ0v) is 16.0. The van der Waals surface area contributed by atoms with Crippen LogP contribution in [0.3, 0.4) is 0 Å². The van der Waals surface area contributed by atoms with E-state index in [9.17, 15) is 10.2 Å². The minimum Gasteiger partial charge on any atom is -0.508 e. The van der Waals surface area contributed by atoms with E-state index >= 15 is 0 Å². The number of rotatable bonds is 1. The molecule has 0 fully saturated rings. The molecule has 4 aromatic rings. The molecule has 0 bridgehead atoms. The molecule has 0 aliphatic carbocycles. The number of nitrogens with zero attached hydrogens (tertiary/aromatic N) is 4. The van der Waals surface area contributed by atoms with E-state index in [1.165, 1.54) is 31.4 Å². The molecule has 2 aromatic heterocycles. The fourth-order valence-electron chi connectivity index (χ4n) is 2.27. The van der Waals surface area contributed by atoms with E-state index in [1.807, 2.05) is 0 Å². The monoisotopic (exact) mass is 424 g/mol. The smallest absolute Gasteiger partial charge is 0.226 e. The van der Waals surface area contributed by atoms with Gasteiger partial charge in [-0.15, -0.1) is 0 Å². The van der Waals surface area contributed by atoms with Crippen LogP contribution in [0.4, 0.5) is 0 Å². The Bertz CT molecular complexity index is 1140. The van der Waals surface area contributed by atoms with E-state index < -0.39 is 0 Å². The molecule has 0 aliphatic heterocycles.